The highest BCUT2D eigenvalue weighted by molar-refractivity contribution is 14.0. The Kier molecular flexibility index (Phi) is 11.2. The van der Waals surface area contributed by atoms with Gasteiger partial charge in [-0.25, -0.2) is 4.98 Å². The third kappa shape index (κ3) is 7.80. The summed E-state index contributed by atoms with van der Waals surface area (Å²) in [5.41, 5.74) is 2.42. The van der Waals surface area contributed by atoms with Gasteiger partial charge in [0.05, 0.1) is 17.7 Å². The van der Waals surface area contributed by atoms with Gasteiger partial charge in [0.1, 0.15) is 17.2 Å². The molecule has 0 aliphatic carbocycles. The largest absolute Gasteiger partial charge is 0.492 e. The fraction of sp³-hybridized carbons (Fsp3) is 0.389. The molecule has 0 aliphatic rings. The van der Waals surface area contributed by atoms with E-state index in [4.69, 9.17) is 16.3 Å². The first-order valence-corrected chi connectivity index (χ1v) is 9.75. The lowest BCUT2D eigenvalue weighted by molar-refractivity contribution is 0.0957. The number of carbonyl (C=O) groups excluding carboxylic acids is 1. The minimum atomic E-state index is -0.100. The molecule has 0 atom stereocenters. The zero-order chi connectivity index (χ0) is 19.6. The molecule has 28 heavy (non-hydrogen) atoms. The van der Waals surface area contributed by atoms with Gasteiger partial charge in [0.2, 0.25) is 0 Å². The third-order valence-electron chi connectivity index (χ3n) is 3.73. The second-order valence-electron chi connectivity index (χ2n) is 5.72. The van der Waals surface area contributed by atoms with Crippen molar-refractivity contribution in [3.05, 3.63) is 45.4 Å². The molecule has 0 saturated carbocycles. The van der Waals surface area contributed by atoms with Crippen molar-refractivity contribution < 1.29 is 9.53 Å². The molecule has 7 nitrogen and oxygen atoms in total. The summed E-state index contributed by atoms with van der Waals surface area (Å²) < 4.78 is 5.69. The summed E-state index contributed by atoms with van der Waals surface area (Å²) in [6.07, 6.45) is 0. The minimum absolute atomic E-state index is 0. The molecule has 0 saturated heterocycles. The zero-order valence-electron chi connectivity index (χ0n) is 16.1. The zero-order valence-corrected chi connectivity index (χ0v) is 20.0. The molecule has 0 radical (unpaired) electrons. The van der Waals surface area contributed by atoms with Crippen molar-refractivity contribution in [2.45, 2.75) is 6.92 Å². The smallest absolute Gasteiger partial charge is 0.263 e. The maximum atomic E-state index is 12.0. The Hall–Kier alpha value is -1.59. The summed E-state index contributed by atoms with van der Waals surface area (Å²) >= 11 is 7.20. The van der Waals surface area contributed by atoms with E-state index in [-0.39, 0.29) is 29.9 Å². The van der Waals surface area contributed by atoms with Crippen LogP contribution in [0.1, 0.15) is 15.4 Å². The normalized spacial score (nSPS) is 10.8. The van der Waals surface area contributed by atoms with Crippen LogP contribution >= 0.6 is 46.9 Å². The van der Waals surface area contributed by atoms with Gasteiger partial charge in [-0.1, -0.05) is 11.6 Å². The molecule has 154 valence electrons. The molecule has 10 heteroatoms. The van der Waals surface area contributed by atoms with Crippen molar-refractivity contribution in [2.24, 2.45) is 4.99 Å². The highest BCUT2D eigenvalue weighted by Gasteiger charge is 2.11. The van der Waals surface area contributed by atoms with Crippen LogP contribution in [0.15, 0.2) is 34.8 Å². The first-order chi connectivity index (χ1) is 13.0. The van der Waals surface area contributed by atoms with Crippen LogP contribution in [0.25, 0.3) is 0 Å². The molecule has 1 aromatic carbocycles. The van der Waals surface area contributed by atoms with E-state index in [9.17, 15) is 4.79 Å². The summed E-state index contributed by atoms with van der Waals surface area (Å²) in [6.45, 7) is 4.06. The van der Waals surface area contributed by atoms with Crippen LogP contribution in [-0.2, 0) is 0 Å². The van der Waals surface area contributed by atoms with Gasteiger partial charge < -0.3 is 20.3 Å². The summed E-state index contributed by atoms with van der Waals surface area (Å²) in [6, 6.07) is 7.26. The second kappa shape index (κ2) is 12.8. The number of nitrogens with zero attached hydrogens (tertiary/aromatic N) is 3. The van der Waals surface area contributed by atoms with Crippen LogP contribution in [-0.4, -0.2) is 62.1 Å². The lowest BCUT2D eigenvalue weighted by Crippen LogP contribution is -2.43. The van der Waals surface area contributed by atoms with Crippen LogP contribution in [0, 0.1) is 6.92 Å². The number of likely N-dealkylation sites (N-methyl/N-ethyl adjacent to an activating group) is 1. The maximum Gasteiger partial charge on any atom is 0.263 e. The van der Waals surface area contributed by atoms with E-state index < -0.39 is 0 Å². The van der Waals surface area contributed by atoms with Crippen LogP contribution in [0.5, 0.6) is 5.75 Å². The Morgan fingerprint density at radius 1 is 1.29 bits per heavy atom. The van der Waals surface area contributed by atoms with Crippen molar-refractivity contribution >= 4 is 58.8 Å². The molecule has 0 bridgehead atoms. The fourth-order valence-electron chi connectivity index (χ4n) is 2.27. The molecule has 2 aromatic rings. The topological polar surface area (TPSA) is 78.8 Å². The number of amides is 1. The number of thiazole rings is 1. The van der Waals surface area contributed by atoms with Gasteiger partial charge >= 0.3 is 0 Å². The average Bonchev–Trinajstić information content (AvgIpc) is 3.09. The van der Waals surface area contributed by atoms with E-state index in [0.29, 0.717) is 36.1 Å². The maximum absolute atomic E-state index is 12.0. The summed E-state index contributed by atoms with van der Waals surface area (Å²) in [7, 11) is 3.65. The summed E-state index contributed by atoms with van der Waals surface area (Å²) in [5, 5.41) is 6.77. The molecule has 2 N–H and O–H groups in total. The number of aliphatic imine (C=N–C) groups is 1. The van der Waals surface area contributed by atoms with Crippen molar-refractivity contribution in [3.63, 3.8) is 0 Å². The molecule has 0 aliphatic heterocycles. The van der Waals surface area contributed by atoms with E-state index in [2.05, 4.69) is 20.6 Å². The SMILES string of the molecule is CN=C(NCCNC(=O)c1scnc1C)N(C)CCOc1ccc(Cl)cc1.I. The number of guanidine groups is 1. The molecule has 0 unspecified atom stereocenters. The molecule has 0 fully saturated rings. The highest BCUT2D eigenvalue weighted by atomic mass is 127. The van der Waals surface area contributed by atoms with Crippen LogP contribution in [0.3, 0.4) is 0 Å². The molecular weight excluding hydrogens is 513 g/mol. The van der Waals surface area contributed by atoms with E-state index in [0.717, 1.165) is 17.4 Å². The van der Waals surface area contributed by atoms with E-state index in [1.807, 2.05) is 31.0 Å². The lowest BCUT2D eigenvalue weighted by atomic mass is 10.3. The number of nitrogens with one attached hydrogen (secondary N) is 2. The molecule has 1 heterocycles. The van der Waals surface area contributed by atoms with Gasteiger partial charge in [0.25, 0.3) is 5.91 Å². The Balaban J connectivity index is 0.00000392. The van der Waals surface area contributed by atoms with Gasteiger partial charge in [-0.05, 0) is 31.2 Å². The number of benzene rings is 1. The van der Waals surface area contributed by atoms with Crippen molar-refractivity contribution in [1.29, 1.82) is 0 Å². The van der Waals surface area contributed by atoms with Crippen molar-refractivity contribution in [2.75, 3.05) is 40.3 Å². The average molecular weight is 538 g/mol. The number of aromatic nitrogens is 1. The molecule has 1 aromatic heterocycles. The lowest BCUT2D eigenvalue weighted by Gasteiger charge is -2.22. The number of hydrogen-bond acceptors (Lipinski definition) is 5. The predicted octanol–water partition coefficient (Wildman–Crippen LogP) is 3.04. The van der Waals surface area contributed by atoms with Crippen LogP contribution < -0.4 is 15.4 Å². The fourth-order valence-corrected chi connectivity index (χ4v) is 3.12. The monoisotopic (exact) mass is 537 g/mol. The molecule has 1 amide bonds. The Bertz CT molecular complexity index is 770. The standard InChI is InChI=1S/C18H24ClN5O2S.HI/c1-13-16(27-12-23-13)17(25)21-8-9-22-18(20-2)24(3)10-11-26-15-6-4-14(19)5-7-15;/h4-7,12H,8-11H2,1-3H3,(H,20,22)(H,21,25);1H. The number of carbonyl (C=O) groups is 1. The number of hydrogen-bond donors (Lipinski definition) is 2. The predicted molar refractivity (Wildman–Crippen MR) is 126 cm³/mol. The molecule has 2 rings (SSSR count). The first-order valence-electron chi connectivity index (χ1n) is 8.49. The molecule has 0 spiro atoms. The quantitative estimate of drug-likeness (QED) is 0.234. The number of ether oxygens (including phenoxy) is 1. The second-order valence-corrected chi connectivity index (χ2v) is 7.01. The summed E-state index contributed by atoms with van der Waals surface area (Å²) in [5.74, 6) is 1.41. The van der Waals surface area contributed by atoms with Gasteiger partial charge in [-0.2, -0.15) is 0 Å². The van der Waals surface area contributed by atoms with Crippen LogP contribution in [0.4, 0.5) is 0 Å². The number of rotatable bonds is 8. The van der Waals surface area contributed by atoms with Crippen molar-refractivity contribution in [3.8, 4) is 5.75 Å². The Morgan fingerprint density at radius 3 is 2.57 bits per heavy atom. The van der Waals surface area contributed by atoms with E-state index >= 15 is 0 Å². The van der Waals surface area contributed by atoms with E-state index in [1.165, 1.54) is 11.3 Å². The Morgan fingerprint density at radius 2 is 1.96 bits per heavy atom. The first kappa shape index (κ1) is 24.4. The third-order valence-corrected chi connectivity index (χ3v) is 4.91. The number of halogens is 2. The van der Waals surface area contributed by atoms with Gasteiger partial charge in [0, 0.05) is 32.2 Å². The minimum Gasteiger partial charge on any atom is -0.492 e. The molecular formula is C18H25ClIN5O2S. The Labute approximate surface area is 191 Å². The van der Waals surface area contributed by atoms with Crippen LogP contribution in [0.2, 0.25) is 5.02 Å². The number of aryl methyl sites for hydroxylation is 1. The van der Waals surface area contributed by atoms with Gasteiger partial charge in [-0.3, -0.25) is 9.79 Å². The summed E-state index contributed by atoms with van der Waals surface area (Å²) in [4.78, 5) is 23.0. The highest BCUT2D eigenvalue weighted by Crippen LogP contribution is 2.15. The van der Waals surface area contributed by atoms with E-state index in [1.54, 1.807) is 24.7 Å². The van der Waals surface area contributed by atoms with Crippen molar-refractivity contribution in [1.82, 2.24) is 20.5 Å². The van der Waals surface area contributed by atoms with Gasteiger partial charge in [0.15, 0.2) is 5.96 Å². The van der Waals surface area contributed by atoms with Gasteiger partial charge in [-0.15, -0.1) is 35.3 Å².